The molecule has 0 bridgehead atoms. The van der Waals surface area contributed by atoms with Crippen LogP contribution in [0.2, 0.25) is 0 Å². The van der Waals surface area contributed by atoms with Crippen LogP contribution in [-0.4, -0.2) is 20.4 Å². The predicted octanol–water partition coefficient (Wildman–Crippen LogP) is 2.73. The number of carbonyl (C=O) groups is 1. The third kappa shape index (κ3) is 3.90. The van der Waals surface area contributed by atoms with Gasteiger partial charge in [0.05, 0.1) is 23.6 Å². The molecule has 1 amide bonds. The van der Waals surface area contributed by atoms with Crippen molar-refractivity contribution in [1.82, 2.24) is 19.9 Å². The summed E-state index contributed by atoms with van der Waals surface area (Å²) in [5.74, 6) is 0.469. The molecule has 2 rings (SSSR count). The smallest absolute Gasteiger partial charge is 0.222 e. The summed E-state index contributed by atoms with van der Waals surface area (Å²) < 4.78 is 1.93. The molecule has 2 aromatic heterocycles. The molecular weight excluding hydrogens is 272 g/mol. The zero-order valence-electron chi connectivity index (χ0n) is 12.0. The number of hydrogen-bond donors (Lipinski definition) is 1. The van der Waals surface area contributed by atoms with E-state index >= 15 is 0 Å². The van der Waals surface area contributed by atoms with E-state index in [-0.39, 0.29) is 11.9 Å². The van der Waals surface area contributed by atoms with Gasteiger partial charge in [0.25, 0.3) is 0 Å². The van der Waals surface area contributed by atoms with Crippen LogP contribution in [0.5, 0.6) is 0 Å². The van der Waals surface area contributed by atoms with E-state index in [2.05, 4.69) is 29.1 Å². The molecule has 6 heteroatoms. The monoisotopic (exact) mass is 292 g/mol. The van der Waals surface area contributed by atoms with Crippen LogP contribution in [0.15, 0.2) is 24.1 Å². The van der Waals surface area contributed by atoms with Gasteiger partial charge in [-0.1, -0.05) is 13.8 Å². The fourth-order valence-corrected chi connectivity index (χ4v) is 2.67. The first-order valence-electron chi connectivity index (χ1n) is 6.74. The van der Waals surface area contributed by atoms with Gasteiger partial charge in [-0.25, -0.2) is 9.97 Å². The van der Waals surface area contributed by atoms with Crippen molar-refractivity contribution < 1.29 is 4.79 Å². The number of hydrogen-bond acceptors (Lipinski definition) is 4. The molecule has 1 N–H and O–H groups in total. The molecular formula is C14H20N4OS. The molecule has 0 aliphatic rings. The minimum atomic E-state index is 0.0327. The third-order valence-corrected chi connectivity index (χ3v) is 4.24. The van der Waals surface area contributed by atoms with Crippen molar-refractivity contribution >= 4 is 17.2 Å². The van der Waals surface area contributed by atoms with Crippen molar-refractivity contribution in [3.8, 4) is 0 Å². The summed E-state index contributed by atoms with van der Waals surface area (Å²) in [6, 6.07) is 0.110. The highest BCUT2D eigenvalue weighted by molar-refractivity contribution is 7.09. The molecule has 2 aromatic rings. The van der Waals surface area contributed by atoms with Gasteiger partial charge >= 0.3 is 0 Å². The van der Waals surface area contributed by atoms with Gasteiger partial charge in [-0.3, -0.25) is 4.79 Å². The summed E-state index contributed by atoms with van der Waals surface area (Å²) in [6.45, 7) is 6.74. The second-order valence-electron chi connectivity index (χ2n) is 5.17. The Labute approximate surface area is 123 Å². The van der Waals surface area contributed by atoms with Crippen LogP contribution in [0.25, 0.3) is 0 Å². The molecule has 1 atom stereocenters. The van der Waals surface area contributed by atoms with Crippen LogP contribution in [0.1, 0.15) is 49.9 Å². The maximum atomic E-state index is 11.9. The van der Waals surface area contributed by atoms with Crippen LogP contribution in [0, 0.1) is 0 Å². The third-order valence-electron chi connectivity index (χ3n) is 3.04. The summed E-state index contributed by atoms with van der Waals surface area (Å²) in [5, 5.41) is 6.04. The molecule has 0 spiro atoms. The van der Waals surface area contributed by atoms with Gasteiger partial charge in [-0.05, 0) is 6.92 Å². The summed E-state index contributed by atoms with van der Waals surface area (Å²) in [7, 11) is 0. The minimum Gasteiger partial charge on any atom is -0.350 e. The normalized spacial score (nSPS) is 12.6. The van der Waals surface area contributed by atoms with Crippen molar-refractivity contribution in [2.24, 2.45) is 0 Å². The van der Waals surface area contributed by atoms with E-state index in [4.69, 9.17) is 0 Å². The Balaban J connectivity index is 1.80. The molecule has 0 unspecified atom stereocenters. The number of amides is 1. The Kier molecular flexibility index (Phi) is 4.89. The summed E-state index contributed by atoms with van der Waals surface area (Å²) in [6.07, 6.45) is 5.76. The van der Waals surface area contributed by atoms with E-state index in [0.717, 1.165) is 10.7 Å². The average molecular weight is 292 g/mol. The first kappa shape index (κ1) is 14.7. The first-order chi connectivity index (χ1) is 9.56. The van der Waals surface area contributed by atoms with E-state index in [1.165, 1.54) is 0 Å². The van der Waals surface area contributed by atoms with Gasteiger partial charge in [-0.2, -0.15) is 0 Å². The first-order valence-corrected chi connectivity index (χ1v) is 7.62. The van der Waals surface area contributed by atoms with Crippen LogP contribution >= 0.6 is 11.3 Å². The lowest BCUT2D eigenvalue weighted by atomic mass is 10.2. The van der Waals surface area contributed by atoms with Gasteiger partial charge in [-0.15, -0.1) is 11.3 Å². The maximum absolute atomic E-state index is 11.9. The molecule has 0 aliphatic heterocycles. The topological polar surface area (TPSA) is 59.8 Å². The molecule has 108 valence electrons. The van der Waals surface area contributed by atoms with E-state index in [1.54, 1.807) is 23.9 Å². The number of thiazole rings is 1. The maximum Gasteiger partial charge on any atom is 0.222 e. The summed E-state index contributed by atoms with van der Waals surface area (Å²) in [4.78, 5) is 20.4. The number of imidazole rings is 1. The number of aromatic nitrogens is 3. The molecule has 0 radical (unpaired) electrons. The van der Waals surface area contributed by atoms with Crippen LogP contribution in [0.4, 0.5) is 0 Å². The van der Waals surface area contributed by atoms with E-state index in [9.17, 15) is 4.79 Å². The van der Waals surface area contributed by atoms with Crippen LogP contribution in [-0.2, 0) is 11.3 Å². The number of carbonyl (C=O) groups excluding carboxylic acids is 1. The largest absolute Gasteiger partial charge is 0.350 e. The summed E-state index contributed by atoms with van der Waals surface area (Å²) in [5.41, 5.74) is 0.933. The van der Waals surface area contributed by atoms with Gasteiger partial charge in [0.1, 0.15) is 0 Å². The van der Waals surface area contributed by atoms with Crippen molar-refractivity contribution in [3.63, 3.8) is 0 Å². The molecule has 20 heavy (non-hydrogen) atoms. The summed E-state index contributed by atoms with van der Waals surface area (Å²) >= 11 is 1.65. The zero-order chi connectivity index (χ0) is 14.5. The molecule has 0 fully saturated rings. The Bertz CT molecular complexity index is 547. The van der Waals surface area contributed by atoms with Gasteiger partial charge in [0.15, 0.2) is 0 Å². The van der Waals surface area contributed by atoms with E-state index in [0.29, 0.717) is 18.9 Å². The fraction of sp³-hybridized carbons (Fsp3) is 0.500. The zero-order valence-corrected chi connectivity index (χ0v) is 12.9. The Morgan fingerprint density at radius 3 is 2.85 bits per heavy atom. The van der Waals surface area contributed by atoms with E-state index < -0.39 is 0 Å². The Hall–Kier alpha value is -1.69. The van der Waals surface area contributed by atoms with E-state index in [1.807, 2.05) is 23.1 Å². The molecule has 0 saturated carbocycles. The van der Waals surface area contributed by atoms with Crippen molar-refractivity contribution in [1.29, 1.82) is 0 Å². The Morgan fingerprint density at radius 2 is 2.25 bits per heavy atom. The standard InChI is InChI=1S/C14H20N4OS/c1-10(2)14-17-12(8-20-14)7-16-13(19)6-11(3)18-5-4-15-9-18/h4-5,8-11H,6-7H2,1-3H3,(H,16,19)/t11-/m1/s1. The van der Waals surface area contributed by atoms with Crippen molar-refractivity contribution in [2.75, 3.05) is 0 Å². The van der Waals surface area contributed by atoms with Gasteiger partial charge < -0.3 is 9.88 Å². The molecule has 2 heterocycles. The van der Waals surface area contributed by atoms with Gasteiger partial charge in [0.2, 0.25) is 5.91 Å². The quantitative estimate of drug-likeness (QED) is 0.890. The molecule has 0 aromatic carbocycles. The molecule has 0 aliphatic carbocycles. The second kappa shape index (κ2) is 6.65. The van der Waals surface area contributed by atoms with Crippen molar-refractivity contribution in [3.05, 3.63) is 34.8 Å². The van der Waals surface area contributed by atoms with Crippen LogP contribution in [0.3, 0.4) is 0 Å². The lowest BCUT2D eigenvalue weighted by Crippen LogP contribution is -2.25. The Morgan fingerprint density at radius 1 is 1.45 bits per heavy atom. The number of nitrogens with zero attached hydrogens (tertiary/aromatic N) is 3. The molecule has 0 saturated heterocycles. The van der Waals surface area contributed by atoms with Gasteiger partial charge in [0, 0.05) is 36.2 Å². The van der Waals surface area contributed by atoms with Crippen LogP contribution < -0.4 is 5.32 Å². The predicted molar refractivity (Wildman–Crippen MR) is 79.6 cm³/mol. The minimum absolute atomic E-state index is 0.0327. The number of nitrogens with one attached hydrogen (secondary N) is 1. The lowest BCUT2D eigenvalue weighted by Gasteiger charge is -2.12. The highest BCUT2D eigenvalue weighted by atomic mass is 32.1. The second-order valence-corrected chi connectivity index (χ2v) is 6.06. The fourth-order valence-electron chi connectivity index (χ4n) is 1.83. The highest BCUT2D eigenvalue weighted by Gasteiger charge is 2.11. The van der Waals surface area contributed by atoms with Crippen molar-refractivity contribution in [2.45, 2.75) is 45.7 Å². The highest BCUT2D eigenvalue weighted by Crippen LogP contribution is 2.19. The average Bonchev–Trinajstić information content (AvgIpc) is 3.07. The SMILES string of the molecule is CC(C)c1nc(CNC(=O)C[C@@H](C)n2ccnc2)cs1. The molecule has 5 nitrogen and oxygen atoms in total. The lowest BCUT2D eigenvalue weighted by molar-refractivity contribution is -0.121. The number of rotatable bonds is 6.